The van der Waals surface area contributed by atoms with Gasteiger partial charge in [-0.15, -0.1) is 0 Å². The van der Waals surface area contributed by atoms with Crippen LogP contribution in [0.3, 0.4) is 0 Å². The van der Waals surface area contributed by atoms with Crippen LogP contribution in [0.25, 0.3) is 0 Å². The minimum Gasteiger partial charge on any atom is -0.497 e. The Kier molecular flexibility index (Phi) is 6.82. The number of nitrogens with two attached hydrogens (primary N) is 1. The van der Waals surface area contributed by atoms with E-state index in [1.54, 1.807) is 26.2 Å². The van der Waals surface area contributed by atoms with E-state index in [1.807, 2.05) is 12.1 Å². The Hall–Kier alpha value is -2.63. The van der Waals surface area contributed by atoms with E-state index in [0.717, 1.165) is 17.5 Å². The summed E-state index contributed by atoms with van der Waals surface area (Å²) in [7, 11) is 1.58. The fourth-order valence-electron chi connectivity index (χ4n) is 1.74. The maximum atomic E-state index is 11.8. The normalized spacial score (nSPS) is 12.0. The molecule has 1 aromatic rings. The molecule has 0 saturated carbocycles. The van der Waals surface area contributed by atoms with Crippen molar-refractivity contribution < 1.29 is 19.1 Å². The Morgan fingerprint density at radius 2 is 1.91 bits per heavy atom. The minimum atomic E-state index is -0.659. The number of esters is 1. The molecule has 6 nitrogen and oxygen atoms in total. The number of ketones is 1. The number of aliphatic imine (C=N–C) groups is 1. The summed E-state index contributed by atoms with van der Waals surface area (Å²) >= 11 is 0. The van der Waals surface area contributed by atoms with Crippen molar-refractivity contribution in [3.8, 4) is 5.75 Å². The predicted molar refractivity (Wildman–Crippen MR) is 83.7 cm³/mol. The fourth-order valence-corrected chi connectivity index (χ4v) is 1.74. The van der Waals surface area contributed by atoms with Crippen LogP contribution in [-0.2, 0) is 20.9 Å². The van der Waals surface area contributed by atoms with E-state index in [0.29, 0.717) is 0 Å². The van der Waals surface area contributed by atoms with Crippen molar-refractivity contribution in [2.75, 3.05) is 13.7 Å². The van der Waals surface area contributed by atoms with Gasteiger partial charge in [0.1, 0.15) is 17.0 Å². The third-order valence-electron chi connectivity index (χ3n) is 2.83. The van der Waals surface area contributed by atoms with Gasteiger partial charge < -0.3 is 15.2 Å². The molecule has 0 unspecified atom stereocenters. The molecule has 1 aromatic carbocycles. The first kappa shape index (κ1) is 17.4. The standard InChI is InChI=1S/C16H20N2O4/c1-4-22-16(20)14(9-17)15(11(2)19)18-10-12-5-7-13(21-3)8-6-12/h5-9H,4,10,17H2,1-3H3/b14-9+,18-15?. The van der Waals surface area contributed by atoms with E-state index >= 15 is 0 Å². The zero-order valence-electron chi connectivity index (χ0n) is 13.0. The first-order valence-corrected chi connectivity index (χ1v) is 6.81. The Labute approximate surface area is 129 Å². The van der Waals surface area contributed by atoms with E-state index in [-0.39, 0.29) is 30.2 Å². The van der Waals surface area contributed by atoms with Crippen LogP contribution in [0.2, 0.25) is 0 Å². The van der Waals surface area contributed by atoms with Crippen molar-refractivity contribution in [3.63, 3.8) is 0 Å². The van der Waals surface area contributed by atoms with Gasteiger partial charge in [0.05, 0.1) is 20.3 Å². The second-order valence-electron chi connectivity index (χ2n) is 4.37. The lowest BCUT2D eigenvalue weighted by atomic mass is 10.1. The maximum absolute atomic E-state index is 11.8. The van der Waals surface area contributed by atoms with Crippen LogP contribution < -0.4 is 10.5 Å². The summed E-state index contributed by atoms with van der Waals surface area (Å²) in [5.74, 6) is -0.277. The quantitative estimate of drug-likeness (QED) is 0.469. The molecular formula is C16H20N2O4. The van der Waals surface area contributed by atoms with E-state index in [2.05, 4.69) is 4.99 Å². The molecule has 1 rings (SSSR count). The Bertz CT molecular complexity index is 589. The van der Waals surface area contributed by atoms with Gasteiger partial charge in [0.25, 0.3) is 0 Å². The second kappa shape index (κ2) is 8.61. The molecule has 0 spiro atoms. The topological polar surface area (TPSA) is 91.0 Å². The molecule has 0 aliphatic rings. The highest BCUT2D eigenvalue weighted by molar-refractivity contribution is 6.50. The van der Waals surface area contributed by atoms with Gasteiger partial charge in [-0.25, -0.2) is 4.79 Å². The highest BCUT2D eigenvalue weighted by Crippen LogP contribution is 2.13. The predicted octanol–water partition coefficient (Wildman–Crippen LogP) is 1.63. The van der Waals surface area contributed by atoms with Crippen LogP contribution in [0.4, 0.5) is 0 Å². The molecule has 0 fully saturated rings. The number of carbonyl (C=O) groups excluding carboxylic acids is 2. The number of methoxy groups -OCH3 is 1. The van der Waals surface area contributed by atoms with Gasteiger partial charge in [-0.3, -0.25) is 9.79 Å². The van der Waals surface area contributed by atoms with Crippen LogP contribution in [0.15, 0.2) is 41.0 Å². The molecule has 6 heteroatoms. The summed E-state index contributed by atoms with van der Waals surface area (Å²) in [6.07, 6.45) is 1.05. The molecule has 22 heavy (non-hydrogen) atoms. The first-order valence-electron chi connectivity index (χ1n) is 6.81. The van der Waals surface area contributed by atoms with E-state index in [9.17, 15) is 9.59 Å². The number of Topliss-reactive ketones (excluding diaryl/α,β-unsaturated/α-hetero) is 1. The van der Waals surface area contributed by atoms with Crippen LogP contribution in [0.5, 0.6) is 5.75 Å². The molecule has 0 aliphatic heterocycles. The van der Waals surface area contributed by atoms with Crippen LogP contribution in [-0.4, -0.2) is 31.2 Å². The highest BCUT2D eigenvalue weighted by atomic mass is 16.5. The average Bonchev–Trinajstić information content (AvgIpc) is 2.51. The summed E-state index contributed by atoms with van der Waals surface area (Å²) < 4.78 is 9.94. The van der Waals surface area contributed by atoms with Gasteiger partial charge in [0.2, 0.25) is 0 Å². The second-order valence-corrected chi connectivity index (χ2v) is 4.37. The van der Waals surface area contributed by atoms with Crippen molar-refractivity contribution in [1.82, 2.24) is 0 Å². The number of carbonyl (C=O) groups is 2. The number of benzene rings is 1. The molecule has 0 amide bonds. The number of nitrogens with zero attached hydrogens (tertiary/aromatic N) is 1. The van der Waals surface area contributed by atoms with Gasteiger partial charge in [-0.05, 0) is 24.6 Å². The van der Waals surface area contributed by atoms with Crippen molar-refractivity contribution in [1.29, 1.82) is 0 Å². The number of hydrogen-bond acceptors (Lipinski definition) is 6. The van der Waals surface area contributed by atoms with Crippen molar-refractivity contribution in [3.05, 3.63) is 41.6 Å². The fraction of sp³-hybridized carbons (Fsp3) is 0.312. The van der Waals surface area contributed by atoms with Gasteiger partial charge in [0.15, 0.2) is 5.78 Å². The van der Waals surface area contributed by atoms with Crippen molar-refractivity contribution in [2.24, 2.45) is 10.7 Å². The Balaban J connectivity index is 2.98. The molecule has 118 valence electrons. The van der Waals surface area contributed by atoms with Crippen LogP contribution >= 0.6 is 0 Å². The third kappa shape index (κ3) is 4.73. The number of ether oxygens (including phenoxy) is 2. The third-order valence-corrected chi connectivity index (χ3v) is 2.83. The Morgan fingerprint density at radius 3 is 2.36 bits per heavy atom. The molecule has 0 heterocycles. The van der Waals surface area contributed by atoms with E-state index < -0.39 is 5.97 Å². The molecule has 0 saturated heterocycles. The lowest BCUT2D eigenvalue weighted by Crippen LogP contribution is -2.23. The van der Waals surface area contributed by atoms with Crippen LogP contribution in [0, 0.1) is 0 Å². The number of rotatable bonds is 7. The summed E-state index contributed by atoms with van der Waals surface area (Å²) in [4.78, 5) is 27.7. The molecule has 0 bridgehead atoms. The molecule has 0 radical (unpaired) electrons. The Morgan fingerprint density at radius 1 is 1.27 bits per heavy atom. The molecule has 2 N–H and O–H groups in total. The molecule has 0 aliphatic carbocycles. The van der Waals surface area contributed by atoms with Gasteiger partial charge in [-0.1, -0.05) is 12.1 Å². The SMILES string of the molecule is CCOC(=O)/C(=C/N)C(=NCc1ccc(OC)cc1)C(C)=O. The average molecular weight is 304 g/mol. The largest absolute Gasteiger partial charge is 0.497 e. The lowest BCUT2D eigenvalue weighted by molar-refractivity contribution is -0.138. The van der Waals surface area contributed by atoms with Gasteiger partial charge in [0, 0.05) is 13.1 Å². The monoisotopic (exact) mass is 304 g/mol. The van der Waals surface area contributed by atoms with E-state index in [4.69, 9.17) is 15.2 Å². The molecule has 0 atom stereocenters. The highest BCUT2D eigenvalue weighted by Gasteiger charge is 2.20. The summed E-state index contributed by atoms with van der Waals surface area (Å²) in [6, 6.07) is 7.25. The molecule has 0 aromatic heterocycles. The maximum Gasteiger partial charge on any atom is 0.341 e. The van der Waals surface area contributed by atoms with Crippen LogP contribution in [0.1, 0.15) is 19.4 Å². The zero-order chi connectivity index (χ0) is 16.5. The smallest absolute Gasteiger partial charge is 0.341 e. The summed E-state index contributed by atoms with van der Waals surface area (Å²) in [5, 5.41) is 0. The summed E-state index contributed by atoms with van der Waals surface area (Å²) in [5.41, 5.74) is 6.30. The lowest BCUT2D eigenvalue weighted by Gasteiger charge is -2.08. The van der Waals surface area contributed by atoms with Crippen molar-refractivity contribution >= 4 is 17.5 Å². The van der Waals surface area contributed by atoms with Gasteiger partial charge >= 0.3 is 5.97 Å². The summed E-state index contributed by atoms with van der Waals surface area (Å²) in [6.45, 7) is 3.44. The molecular weight excluding hydrogens is 284 g/mol. The first-order chi connectivity index (χ1) is 10.5. The zero-order valence-corrected chi connectivity index (χ0v) is 13.0. The van der Waals surface area contributed by atoms with Gasteiger partial charge in [-0.2, -0.15) is 0 Å². The van der Waals surface area contributed by atoms with Crippen molar-refractivity contribution in [2.45, 2.75) is 20.4 Å². The van der Waals surface area contributed by atoms with E-state index in [1.165, 1.54) is 6.92 Å². The minimum absolute atomic E-state index is 0.0109. The number of hydrogen-bond donors (Lipinski definition) is 1.